The molecule has 100 valence electrons. The van der Waals surface area contributed by atoms with E-state index in [4.69, 9.17) is 4.74 Å². The zero-order valence-corrected chi connectivity index (χ0v) is 12.2. The van der Waals surface area contributed by atoms with E-state index in [1.165, 1.54) is 0 Å². The first-order chi connectivity index (χ1) is 9.17. The molecule has 0 spiro atoms. The predicted octanol–water partition coefficient (Wildman–Crippen LogP) is 4.07. The van der Waals surface area contributed by atoms with E-state index in [1.807, 2.05) is 48.7 Å². The van der Waals surface area contributed by atoms with Gasteiger partial charge >= 0.3 is 0 Å². The lowest BCUT2D eigenvalue weighted by Gasteiger charge is -2.08. The molecule has 0 amide bonds. The lowest BCUT2D eigenvalue weighted by Crippen LogP contribution is -2.08. The molecule has 19 heavy (non-hydrogen) atoms. The Labute approximate surface area is 119 Å². The van der Waals surface area contributed by atoms with E-state index in [1.54, 1.807) is 18.8 Å². The average Bonchev–Trinajstić information content (AvgIpc) is 2.46. The highest BCUT2D eigenvalue weighted by atomic mass is 32.2. The number of ether oxygens (including phenoxy) is 1. The molecular formula is C16H19NOS. The van der Waals surface area contributed by atoms with Gasteiger partial charge in [0, 0.05) is 12.6 Å². The zero-order valence-electron chi connectivity index (χ0n) is 11.4. The van der Waals surface area contributed by atoms with Crippen molar-refractivity contribution < 1.29 is 4.74 Å². The third-order valence-corrected chi connectivity index (χ3v) is 3.05. The Morgan fingerprint density at radius 1 is 1.26 bits per heavy atom. The minimum Gasteiger partial charge on any atom is -0.473 e. The minimum absolute atomic E-state index is 0.416. The van der Waals surface area contributed by atoms with Crippen molar-refractivity contribution in [1.29, 1.82) is 0 Å². The highest BCUT2D eigenvalue weighted by Gasteiger charge is 2.03. The highest BCUT2D eigenvalue weighted by Crippen LogP contribution is 2.11. The van der Waals surface area contributed by atoms with Crippen LogP contribution in [0.3, 0.4) is 0 Å². The number of thioether (sulfide) groups is 1. The molecule has 0 saturated carbocycles. The van der Waals surface area contributed by atoms with Crippen molar-refractivity contribution in [2.45, 2.75) is 0 Å². The summed E-state index contributed by atoms with van der Waals surface area (Å²) in [4.78, 5) is 5.14. The molecule has 0 atom stereocenters. The molecule has 0 aliphatic heterocycles. The maximum Gasteiger partial charge on any atom is 0.216 e. The van der Waals surface area contributed by atoms with E-state index in [-0.39, 0.29) is 0 Å². The van der Waals surface area contributed by atoms with Crippen molar-refractivity contribution in [3.63, 3.8) is 0 Å². The standard InChI is InChI=1S/C16H19NOS/c1-13(10-11-14(2)19-4)12-18-16(17-3)15-8-6-5-7-9-15/h5-11H,1-2,12H2,3-4H3/b11-10-,17-16?. The first-order valence-corrected chi connectivity index (χ1v) is 7.13. The Hall–Kier alpha value is -1.74. The van der Waals surface area contributed by atoms with E-state index in [9.17, 15) is 0 Å². The van der Waals surface area contributed by atoms with Gasteiger partial charge in [-0.15, -0.1) is 11.8 Å². The van der Waals surface area contributed by atoms with Gasteiger partial charge < -0.3 is 4.74 Å². The number of aliphatic imine (C=N–C) groups is 1. The van der Waals surface area contributed by atoms with Crippen LogP contribution in [0.15, 0.2) is 71.1 Å². The summed E-state index contributed by atoms with van der Waals surface area (Å²) in [6, 6.07) is 9.82. The largest absolute Gasteiger partial charge is 0.473 e. The van der Waals surface area contributed by atoms with Crippen LogP contribution < -0.4 is 0 Å². The summed E-state index contributed by atoms with van der Waals surface area (Å²) < 4.78 is 5.67. The van der Waals surface area contributed by atoms with Gasteiger partial charge in [0.1, 0.15) is 6.61 Å². The van der Waals surface area contributed by atoms with Gasteiger partial charge in [-0.25, -0.2) is 0 Å². The van der Waals surface area contributed by atoms with Crippen molar-refractivity contribution >= 4 is 17.7 Å². The molecule has 1 aromatic rings. The minimum atomic E-state index is 0.416. The molecule has 0 aliphatic carbocycles. The maximum atomic E-state index is 5.67. The fourth-order valence-corrected chi connectivity index (χ4v) is 1.55. The second kappa shape index (κ2) is 8.38. The highest BCUT2D eigenvalue weighted by molar-refractivity contribution is 8.02. The fraction of sp³-hybridized carbons (Fsp3) is 0.188. The van der Waals surface area contributed by atoms with Crippen LogP contribution in [0.5, 0.6) is 0 Å². The molecule has 0 aromatic heterocycles. The topological polar surface area (TPSA) is 21.6 Å². The second-order valence-electron chi connectivity index (χ2n) is 3.85. The Kier molecular flexibility index (Phi) is 6.75. The number of allylic oxidation sites excluding steroid dienone is 1. The smallest absolute Gasteiger partial charge is 0.216 e. The average molecular weight is 273 g/mol. The molecule has 0 bridgehead atoms. The van der Waals surface area contributed by atoms with Crippen LogP contribution in [0.4, 0.5) is 0 Å². The molecule has 0 aliphatic rings. The number of nitrogens with zero attached hydrogens (tertiary/aromatic N) is 1. The summed E-state index contributed by atoms with van der Waals surface area (Å²) in [7, 11) is 1.72. The van der Waals surface area contributed by atoms with Crippen molar-refractivity contribution in [2.75, 3.05) is 19.9 Å². The number of benzene rings is 1. The first-order valence-electron chi connectivity index (χ1n) is 5.91. The quantitative estimate of drug-likeness (QED) is 0.443. The molecule has 1 rings (SSSR count). The SMILES string of the molecule is C=C(/C=C\C(=C)SC)COC(=NC)c1ccccc1. The summed E-state index contributed by atoms with van der Waals surface area (Å²) in [5, 5.41) is 0. The van der Waals surface area contributed by atoms with E-state index >= 15 is 0 Å². The van der Waals surface area contributed by atoms with Gasteiger partial charge in [0.05, 0.1) is 0 Å². The third-order valence-electron chi connectivity index (χ3n) is 2.39. The van der Waals surface area contributed by atoms with E-state index < -0.39 is 0 Å². The summed E-state index contributed by atoms with van der Waals surface area (Å²) in [6.45, 7) is 8.23. The van der Waals surface area contributed by atoms with Gasteiger partial charge in [-0.2, -0.15) is 0 Å². The van der Waals surface area contributed by atoms with Crippen molar-refractivity contribution in [1.82, 2.24) is 0 Å². The molecule has 0 N–H and O–H groups in total. The molecule has 2 nitrogen and oxygen atoms in total. The second-order valence-corrected chi connectivity index (χ2v) is 4.78. The van der Waals surface area contributed by atoms with Gasteiger partial charge in [0.25, 0.3) is 0 Å². The summed E-state index contributed by atoms with van der Waals surface area (Å²) in [5.74, 6) is 0.624. The Morgan fingerprint density at radius 3 is 2.53 bits per heavy atom. The van der Waals surface area contributed by atoms with Crippen LogP contribution >= 0.6 is 11.8 Å². The normalized spacial score (nSPS) is 11.6. The monoisotopic (exact) mass is 273 g/mol. The molecule has 0 fully saturated rings. The van der Waals surface area contributed by atoms with Crippen molar-refractivity contribution in [3.05, 3.63) is 71.7 Å². The molecule has 3 heteroatoms. The molecule has 0 radical (unpaired) electrons. The van der Waals surface area contributed by atoms with Crippen LogP contribution in [0.25, 0.3) is 0 Å². The molecule has 0 unspecified atom stereocenters. The number of hydrogen-bond donors (Lipinski definition) is 0. The fourth-order valence-electron chi connectivity index (χ4n) is 1.35. The van der Waals surface area contributed by atoms with Crippen LogP contribution in [0.1, 0.15) is 5.56 Å². The lowest BCUT2D eigenvalue weighted by molar-refractivity contribution is 0.344. The third kappa shape index (κ3) is 5.62. The van der Waals surface area contributed by atoms with E-state index in [0.717, 1.165) is 16.0 Å². The van der Waals surface area contributed by atoms with Crippen LogP contribution in [-0.2, 0) is 4.74 Å². The zero-order chi connectivity index (χ0) is 14.1. The summed E-state index contributed by atoms with van der Waals surface area (Å²) in [5.41, 5.74) is 1.85. The first kappa shape index (κ1) is 15.3. The lowest BCUT2D eigenvalue weighted by atomic mass is 10.2. The maximum absolute atomic E-state index is 5.67. The van der Waals surface area contributed by atoms with Crippen LogP contribution in [-0.4, -0.2) is 25.8 Å². The predicted molar refractivity (Wildman–Crippen MR) is 85.8 cm³/mol. The number of hydrogen-bond acceptors (Lipinski definition) is 3. The molecule has 0 heterocycles. The Balaban J connectivity index is 2.54. The Bertz CT molecular complexity index is 489. The van der Waals surface area contributed by atoms with Crippen molar-refractivity contribution in [2.24, 2.45) is 4.99 Å². The number of rotatable bonds is 6. The van der Waals surface area contributed by atoms with Gasteiger partial charge in [0.15, 0.2) is 0 Å². The van der Waals surface area contributed by atoms with Crippen LogP contribution in [0, 0.1) is 0 Å². The van der Waals surface area contributed by atoms with E-state index in [2.05, 4.69) is 18.2 Å². The van der Waals surface area contributed by atoms with Gasteiger partial charge in [0.2, 0.25) is 5.90 Å². The van der Waals surface area contributed by atoms with Crippen molar-refractivity contribution in [3.8, 4) is 0 Å². The van der Waals surface area contributed by atoms with Gasteiger partial charge in [-0.3, -0.25) is 4.99 Å². The summed E-state index contributed by atoms with van der Waals surface area (Å²) in [6.07, 6.45) is 5.84. The van der Waals surface area contributed by atoms with E-state index in [0.29, 0.717) is 12.5 Å². The van der Waals surface area contributed by atoms with Crippen LogP contribution in [0.2, 0.25) is 0 Å². The molecule has 0 saturated heterocycles. The van der Waals surface area contributed by atoms with Gasteiger partial charge in [-0.05, 0) is 34.9 Å². The molecule has 1 aromatic carbocycles. The Morgan fingerprint density at radius 2 is 1.95 bits per heavy atom. The van der Waals surface area contributed by atoms with Gasteiger partial charge in [-0.1, -0.05) is 37.4 Å². The molecular weight excluding hydrogens is 254 g/mol. The summed E-state index contributed by atoms with van der Waals surface area (Å²) >= 11 is 1.61.